The van der Waals surface area contributed by atoms with Gasteiger partial charge in [-0.2, -0.15) is 18.3 Å². The van der Waals surface area contributed by atoms with Crippen LogP contribution in [0.5, 0.6) is 0 Å². The molecule has 41 heavy (non-hydrogen) atoms. The molecule has 214 valence electrons. The molecule has 0 bridgehead atoms. The average Bonchev–Trinajstić information content (AvgIpc) is 3.36. The van der Waals surface area contributed by atoms with Crippen LogP contribution in [-0.2, 0) is 15.7 Å². The van der Waals surface area contributed by atoms with Gasteiger partial charge in [-0.1, -0.05) is 30.3 Å². The molecule has 2 N–H and O–H groups in total. The summed E-state index contributed by atoms with van der Waals surface area (Å²) in [6, 6.07) is 19.8. The van der Waals surface area contributed by atoms with Gasteiger partial charge in [0, 0.05) is 37.6 Å². The summed E-state index contributed by atoms with van der Waals surface area (Å²) in [6.07, 6.45) is -4.09. The number of rotatable bonds is 10. The quantitative estimate of drug-likeness (QED) is 0.176. The number of amides is 3. The molecule has 4 rings (SSSR count). The van der Waals surface area contributed by atoms with Crippen LogP contribution < -0.4 is 10.6 Å². The smallest absolute Gasteiger partial charge is 0.385 e. The molecule has 0 aliphatic carbocycles. The molecule has 1 heterocycles. The van der Waals surface area contributed by atoms with Crippen LogP contribution in [0.15, 0.2) is 84.9 Å². The van der Waals surface area contributed by atoms with E-state index >= 15 is 0 Å². The van der Waals surface area contributed by atoms with E-state index in [4.69, 9.17) is 4.74 Å². The summed E-state index contributed by atoms with van der Waals surface area (Å²) in [4.78, 5) is 27.4. The molecule has 0 aliphatic heterocycles. The normalized spacial score (nSPS) is 11.2. The predicted octanol–water partition coefficient (Wildman–Crippen LogP) is 6.21. The lowest BCUT2D eigenvalue weighted by Gasteiger charge is -2.23. The third kappa shape index (κ3) is 7.92. The Bertz CT molecular complexity index is 1460. The Balaban J connectivity index is 1.53. The molecule has 3 aromatic carbocycles. The average molecular weight is 570 g/mol. The highest BCUT2D eigenvalue weighted by Crippen LogP contribution is 2.30. The number of aromatic nitrogens is 2. The van der Waals surface area contributed by atoms with Crippen molar-refractivity contribution in [3.63, 3.8) is 0 Å². The fraction of sp³-hybridized carbons (Fsp3) is 0.207. The Morgan fingerprint density at radius 2 is 1.63 bits per heavy atom. The number of methoxy groups -OCH3 is 1. The minimum absolute atomic E-state index is 0.139. The molecule has 0 radical (unpaired) electrons. The van der Waals surface area contributed by atoms with Gasteiger partial charge in [0.2, 0.25) is 5.91 Å². The van der Waals surface area contributed by atoms with Gasteiger partial charge in [0.1, 0.15) is 18.2 Å². The summed E-state index contributed by atoms with van der Waals surface area (Å²) >= 11 is 0. The zero-order valence-electron chi connectivity index (χ0n) is 22.0. The van der Waals surface area contributed by atoms with Gasteiger partial charge >= 0.3 is 12.2 Å². The SMILES string of the molecule is COCCCN(CC(=O)Nc1cc(-c2ccccc2)nn1-c1ccc(F)cc1)C(=O)Nc1ccc(C(F)(F)F)cc1. The molecule has 0 unspecified atom stereocenters. The van der Waals surface area contributed by atoms with Crippen molar-refractivity contribution in [1.82, 2.24) is 14.7 Å². The molecule has 8 nitrogen and oxygen atoms in total. The minimum Gasteiger partial charge on any atom is -0.385 e. The van der Waals surface area contributed by atoms with Crippen molar-refractivity contribution in [3.8, 4) is 16.9 Å². The summed E-state index contributed by atoms with van der Waals surface area (Å²) in [7, 11) is 1.50. The van der Waals surface area contributed by atoms with Crippen LogP contribution in [0.3, 0.4) is 0 Å². The summed E-state index contributed by atoms with van der Waals surface area (Å²) in [5.41, 5.74) is 1.14. The van der Waals surface area contributed by atoms with Crippen LogP contribution in [0.1, 0.15) is 12.0 Å². The van der Waals surface area contributed by atoms with Gasteiger partial charge < -0.3 is 20.3 Å². The van der Waals surface area contributed by atoms with Gasteiger partial charge in [-0.3, -0.25) is 4.79 Å². The zero-order valence-corrected chi connectivity index (χ0v) is 22.0. The summed E-state index contributed by atoms with van der Waals surface area (Å²) in [6.45, 7) is 0.0924. The Hall–Kier alpha value is -4.71. The number of hydrogen-bond donors (Lipinski definition) is 2. The van der Waals surface area contributed by atoms with Crippen molar-refractivity contribution in [3.05, 3.63) is 96.3 Å². The Labute approximate surface area is 233 Å². The molecule has 0 saturated heterocycles. The molecule has 0 atom stereocenters. The highest BCUT2D eigenvalue weighted by molar-refractivity contribution is 5.97. The number of hydrogen-bond acceptors (Lipinski definition) is 4. The lowest BCUT2D eigenvalue weighted by molar-refractivity contribution is -0.137. The molecular formula is C29H27F4N5O3. The van der Waals surface area contributed by atoms with Crippen LogP contribution in [0.4, 0.5) is 33.9 Å². The van der Waals surface area contributed by atoms with E-state index in [0.29, 0.717) is 30.2 Å². The van der Waals surface area contributed by atoms with Crippen molar-refractivity contribution in [2.45, 2.75) is 12.6 Å². The molecular weight excluding hydrogens is 542 g/mol. The van der Waals surface area contributed by atoms with E-state index in [-0.39, 0.29) is 18.8 Å². The monoisotopic (exact) mass is 569 g/mol. The Morgan fingerprint density at radius 1 is 0.951 bits per heavy atom. The first-order chi connectivity index (χ1) is 19.6. The van der Waals surface area contributed by atoms with E-state index < -0.39 is 29.5 Å². The number of nitrogens with zero attached hydrogens (tertiary/aromatic N) is 3. The van der Waals surface area contributed by atoms with Crippen molar-refractivity contribution in [2.24, 2.45) is 0 Å². The number of urea groups is 1. The zero-order chi connectivity index (χ0) is 29.4. The molecule has 0 spiro atoms. The lowest BCUT2D eigenvalue weighted by Crippen LogP contribution is -2.41. The highest BCUT2D eigenvalue weighted by Gasteiger charge is 2.30. The van der Waals surface area contributed by atoms with Gasteiger partial charge in [0.05, 0.1) is 16.9 Å². The first kappa shape index (κ1) is 29.3. The van der Waals surface area contributed by atoms with Gasteiger partial charge in [-0.25, -0.2) is 13.9 Å². The van der Waals surface area contributed by atoms with Crippen molar-refractivity contribution in [2.75, 3.05) is 37.4 Å². The van der Waals surface area contributed by atoms with E-state index in [2.05, 4.69) is 15.7 Å². The fourth-order valence-electron chi connectivity index (χ4n) is 3.95. The van der Waals surface area contributed by atoms with E-state index in [9.17, 15) is 27.2 Å². The Kier molecular flexibility index (Phi) is 9.35. The standard InChI is InChI=1S/C29H27F4N5O3/c1-41-17-5-16-37(28(40)34-23-12-8-21(9-13-23)29(31,32)33)19-27(39)35-26-18-25(20-6-3-2-4-7-20)36-38(26)24-14-10-22(30)11-15-24/h2-4,6-15,18H,5,16-17,19H2,1H3,(H,34,40)(H,35,39). The van der Waals surface area contributed by atoms with Crippen LogP contribution in [0.25, 0.3) is 16.9 Å². The van der Waals surface area contributed by atoms with Crippen molar-refractivity contribution < 1.29 is 31.9 Å². The third-order valence-electron chi connectivity index (χ3n) is 5.98. The molecule has 0 fully saturated rings. The number of carbonyl (C=O) groups excluding carboxylic acids is 2. The molecule has 12 heteroatoms. The van der Waals surface area contributed by atoms with Crippen molar-refractivity contribution >= 4 is 23.4 Å². The number of ether oxygens (including phenoxy) is 1. The number of alkyl halides is 3. The Morgan fingerprint density at radius 3 is 2.27 bits per heavy atom. The first-order valence-corrected chi connectivity index (χ1v) is 12.6. The maximum atomic E-state index is 13.6. The minimum atomic E-state index is -4.51. The fourth-order valence-corrected chi connectivity index (χ4v) is 3.95. The molecule has 3 amide bonds. The number of benzene rings is 3. The molecule has 0 aliphatic rings. The third-order valence-corrected chi connectivity index (χ3v) is 5.98. The number of carbonyl (C=O) groups is 2. The predicted molar refractivity (Wildman–Crippen MR) is 146 cm³/mol. The van der Waals surface area contributed by atoms with Gasteiger partial charge in [-0.15, -0.1) is 0 Å². The van der Waals surface area contributed by atoms with Crippen LogP contribution >= 0.6 is 0 Å². The second-order valence-electron chi connectivity index (χ2n) is 8.99. The van der Waals surface area contributed by atoms with E-state index in [1.165, 1.54) is 41.0 Å². The van der Waals surface area contributed by atoms with Gasteiger partial charge in [0.25, 0.3) is 0 Å². The maximum Gasteiger partial charge on any atom is 0.416 e. The largest absolute Gasteiger partial charge is 0.416 e. The molecule has 0 saturated carbocycles. The summed E-state index contributed by atoms with van der Waals surface area (Å²) in [5, 5.41) is 9.88. The van der Waals surface area contributed by atoms with Crippen LogP contribution in [0.2, 0.25) is 0 Å². The highest BCUT2D eigenvalue weighted by atomic mass is 19.4. The molecule has 4 aromatic rings. The second-order valence-corrected chi connectivity index (χ2v) is 8.99. The first-order valence-electron chi connectivity index (χ1n) is 12.6. The maximum absolute atomic E-state index is 13.6. The summed E-state index contributed by atoms with van der Waals surface area (Å²) in [5.74, 6) is -0.686. The van der Waals surface area contributed by atoms with Crippen molar-refractivity contribution in [1.29, 1.82) is 0 Å². The second kappa shape index (κ2) is 13.1. The van der Waals surface area contributed by atoms with Gasteiger partial charge in [0.15, 0.2) is 0 Å². The van der Waals surface area contributed by atoms with E-state index in [1.54, 1.807) is 6.07 Å². The summed E-state index contributed by atoms with van der Waals surface area (Å²) < 4.78 is 58.7. The van der Waals surface area contributed by atoms with Gasteiger partial charge in [-0.05, 0) is 55.0 Å². The van der Waals surface area contributed by atoms with Crippen LogP contribution in [0, 0.1) is 5.82 Å². The van der Waals surface area contributed by atoms with E-state index in [1.807, 2.05) is 30.3 Å². The molecule has 1 aromatic heterocycles. The number of nitrogens with one attached hydrogen (secondary N) is 2. The number of anilines is 2. The number of halogens is 4. The van der Waals surface area contributed by atoms with E-state index in [0.717, 1.165) is 29.8 Å². The van der Waals surface area contributed by atoms with Crippen LogP contribution in [-0.4, -0.2) is 53.4 Å². The topological polar surface area (TPSA) is 88.5 Å². The lowest BCUT2D eigenvalue weighted by atomic mass is 10.1.